The van der Waals surface area contributed by atoms with Gasteiger partial charge < -0.3 is 10.1 Å². The molecular formula is C13H7BrF3IN2O2. The van der Waals surface area contributed by atoms with Crippen LogP contribution in [0.25, 0.3) is 0 Å². The summed E-state index contributed by atoms with van der Waals surface area (Å²) in [7, 11) is 0. The lowest BCUT2D eigenvalue weighted by molar-refractivity contribution is -0.274. The van der Waals surface area contributed by atoms with Crippen LogP contribution in [-0.2, 0) is 0 Å². The zero-order valence-corrected chi connectivity index (χ0v) is 14.4. The van der Waals surface area contributed by atoms with E-state index in [4.69, 9.17) is 0 Å². The van der Waals surface area contributed by atoms with Gasteiger partial charge in [-0.15, -0.1) is 13.2 Å². The number of hydrogen-bond acceptors (Lipinski definition) is 3. The average Bonchev–Trinajstić information content (AvgIpc) is 2.42. The number of amides is 1. The van der Waals surface area contributed by atoms with E-state index in [0.717, 1.165) is 12.1 Å². The van der Waals surface area contributed by atoms with Gasteiger partial charge in [0.2, 0.25) is 0 Å². The number of hydrogen-bond donors (Lipinski definition) is 1. The summed E-state index contributed by atoms with van der Waals surface area (Å²) in [6.45, 7) is 0. The van der Waals surface area contributed by atoms with Gasteiger partial charge >= 0.3 is 6.36 Å². The minimum atomic E-state index is -4.75. The van der Waals surface area contributed by atoms with Gasteiger partial charge in [0.05, 0.1) is 10.0 Å². The molecule has 4 nitrogen and oxygen atoms in total. The highest BCUT2D eigenvalue weighted by Crippen LogP contribution is 2.24. The molecule has 116 valence electrons. The second kappa shape index (κ2) is 6.82. The van der Waals surface area contributed by atoms with Gasteiger partial charge in [-0.2, -0.15) is 0 Å². The molecule has 0 saturated heterocycles. The maximum Gasteiger partial charge on any atom is 0.573 e. The van der Waals surface area contributed by atoms with E-state index in [9.17, 15) is 18.0 Å². The van der Waals surface area contributed by atoms with Gasteiger partial charge in [0.25, 0.3) is 5.91 Å². The van der Waals surface area contributed by atoms with Crippen LogP contribution in [0.1, 0.15) is 10.4 Å². The van der Waals surface area contributed by atoms with Crippen molar-refractivity contribution in [1.82, 2.24) is 4.98 Å². The van der Waals surface area contributed by atoms with Gasteiger partial charge in [0, 0.05) is 11.9 Å². The zero-order valence-electron chi connectivity index (χ0n) is 10.6. The molecule has 0 aliphatic heterocycles. The van der Waals surface area contributed by atoms with Gasteiger partial charge in [-0.1, -0.05) is 0 Å². The van der Waals surface area contributed by atoms with E-state index in [2.05, 4.69) is 31.0 Å². The molecule has 0 saturated carbocycles. The van der Waals surface area contributed by atoms with Crippen molar-refractivity contribution in [2.24, 2.45) is 0 Å². The lowest BCUT2D eigenvalue weighted by Gasteiger charge is -2.10. The van der Waals surface area contributed by atoms with Crippen molar-refractivity contribution in [3.63, 3.8) is 0 Å². The predicted octanol–water partition coefficient (Wildman–Crippen LogP) is 4.60. The highest BCUT2D eigenvalue weighted by atomic mass is 127. The fourth-order valence-corrected chi connectivity index (χ4v) is 2.13. The second-order valence-corrected chi connectivity index (χ2v) is 5.90. The maximum atomic E-state index is 12.0. The molecule has 1 N–H and O–H groups in total. The van der Waals surface area contributed by atoms with Crippen LogP contribution in [0.4, 0.5) is 18.9 Å². The van der Waals surface area contributed by atoms with E-state index < -0.39 is 12.3 Å². The van der Waals surface area contributed by atoms with Crippen molar-refractivity contribution in [2.45, 2.75) is 6.36 Å². The minimum Gasteiger partial charge on any atom is -0.406 e. The van der Waals surface area contributed by atoms with Crippen molar-refractivity contribution >= 4 is 50.1 Å². The molecule has 22 heavy (non-hydrogen) atoms. The summed E-state index contributed by atoms with van der Waals surface area (Å²) < 4.78 is 41.3. The van der Waals surface area contributed by atoms with E-state index in [1.165, 1.54) is 18.3 Å². The standard InChI is InChI=1S/C13H7BrF3IN2O2/c14-10-5-7(6-19-11(10)18)12(21)20-8-1-3-9(4-2-8)22-13(15,16)17/h1-6H,(H,20,21). The zero-order chi connectivity index (χ0) is 16.3. The fraction of sp³-hybridized carbons (Fsp3) is 0.0769. The van der Waals surface area contributed by atoms with Crippen LogP contribution >= 0.6 is 38.5 Å². The highest BCUT2D eigenvalue weighted by Gasteiger charge is 2.30. The van der Waals surface area contributed by atoms with Crippen molar-refractivity contribution in [2.75, 3.05) is 5.32 Å². The molecule has 0 unspecified atom stereocenters. The summed E-state index contributed by atoms with van der Waals surface area (Å²) in [5.41, 5.74) is 0.664. The highest BCUT2D eigenvalue weighted by molar-refractivity contribution is 14.1. The van der Waals surface area contributed by atoms with Crippen LogP contribution in [0.15, 0.2) is 41.0 Å². The Morgan fingerprint density at radius 2 is 1.91 bits per heavy atom. The average molecular weight is 487 g/mol. The number of nitrogens with one attached hydrogen (secondary N) is 1. The third-order valence-electron chi connectivity index (χ3n) is 2.40. The van der Waals surface area contributed by atoms with E-state index >= 15 is 0 Å². The van der Waals surface area contributed by atoms with Gasteiger partial charge in [-0.3, -0.25) is 4.79 Å². The number of nitrogens with zero attached hydrogens (tertiary/aromatic N) is 1. The van der Waals surface area contributed by atoms with Gasteiger partial charge in [-0.25, -0.2) is 4.98 Å². The van der Waals surface area contributed by atoms with E-state index in [-0.39, 0.29) is 5.75 Å². The van der Waals surface area contributed by atoms with Crippen molar-refractivity contribution in [3.05, 3.63) is 50.3 Å². The van der Waals surface area contributed by atoms with Crippen LogP contribution in [0.2, 0.25) is 0 Å². The second-order valence-electron chi connectivity index (χ2n) is 4.02. The number of aromatic nitrogens is 1. The molecule has 1 amide bonds. The Kier molecular flexibility index (Phi) is 5.27. The number of benzene rings is 1. The monoisotopic (exact) mass is 486 g/mol. The number of carbonyl (C=O) groups is 1. The molecule has 0 spiro atoms. The number of pyridine rings is 1. The minimum absolute atomic E-state index is 0.322. The molecule has 0 atom stereocenters. The van der Waals surface area contributed by atoms with Gasteiger partial charge in [0.15, 0.2) is 0 Å². The first-order chi connectivity index (χ1) is 10.2. The molecule has 0 fully saturated rings. The van der Waals surface area contributed by atoms with Crippen LogP contribution < -0.4 is 10.1 Å². The number of rotatable bonds is 3. The van der Waals surface area contributed by atoms with Gasteiger partial charge in [0.1, 0.15) is 9.45 Å². The van der Waals surface area contributed by atoms with E-state index in [1.807, 2.05) is 22.6 Å². The SMILES string of the molecule is O=C(Nc1ccc(OC(F)(F)F)cc1)c1cnc(I)c(Br)c1. The maximum absolute atomic E-state index is 12.0. The Labute approximate surface area is 145 Å². The van der Waals surface area contributed by atoms with Gasteiger partial charge in [-0.05, 0) is 68.9 Å². The van der Waals surface area contributed by atoms with Crippen molar-refractivity contribution < 1.29 is 22.7 Å². The number of ether oxygens (including phenoxy) is 1. The third kappa shape index (κ3) is 4.83. The van der Waals surface area contributed by atoms with Crippen molar-refractivity contribution in [3.8, 4) is 5.75 Å². The number of carbonyl (C=O) groups excluding carboxylic acids is 1. The molecule has 2 aromatic rings. The lowest BCUT2D eigenvalue weighted by atomic mass is 10.2. The number of alkyl halides is 3. The molecule has 0 bridgehead atoms. The van der Waals surface area contributed by atoms with Crippen LogP contribution in [0.5, 0.6) is 5.75 Å². The summed E-state index contributed by atoms with van der Waals surface area (Å²) >= 11 is 5.27. The molecule has 0 aliphatic carbocycles. The quantitative estimate of drug-likeness (QED) is 0.509. The first kappa shape index (κ1) is 17.0. The summed E-state index contributed by atoms with van der Waals surface area (Å²) in [5, 5.41) is 2.56. The first-order valence-corrected chi connectivity index (χ1v) is 7.60. The Balaban J connectivity index is 2.07. The summed E-state index contributed by atoms with van der Waals surface area (Å²) in [4.78, 5) is 16.0. The third-order valence-corrected chi connectivity index (χ3v) is 4.61. The Morgan fingerprint density at radius 3 is 2.45 bits per heavy atom. The topological polar surface area (TPSA) is 51.2 Å². The van der Waals surface area contributed by atoms with Crippen molar-refractivity contribution in [1.29, 1.82) is 0 Å². The van der Waals surface area contributed by atoms with Crippen LogP contribution in [-0.4, -0.2) is 17.3 Å². The molecular weight excluding hydrogens is 480 g/mol. The lowest BCUT2D eigenvalue weighted by Crippen LogP contribution is -2.17. The molecule has 2 rings (SSSR count). The predicted molar refractivity (Wildman–Crippen MR) is 85.7 cm³/mol. The molecule has 1 aromatic carbocycles. The summed E-state index contributed by atoms with van der Waals surface area (Å²) in [6, 6.07) is 6.46. The van der Waals surface area contributed by atoms with Crippen LogP contribution in [0, 0.1) is 3.70 Å². The molecule has 1 aromatic heterocycles. The molecule has 1 heterocycles. The largest absolute Gasteiger partial charge is 0.573 e. The summed E-state index contributed by atoms with van der Waals surface area (Å²) in [6.07, 6.45) is -3.34. The van der Waals surface area contributed by atoms with E-state index in [1.54, 1.807) is 6.07 Å². The normalized spacial score (nSPS) is 11.1. The first-order valence-electron chi connectivity index (χ1n) is 5.73. The molecule has 9 heteroatoms. The number of anilines is 1. The molecule has 0 radical (unpaired) electrons. The Hall–Kier alpha value is -1.36. The summed E-state index contributed by atoms with van der Waals surface area (Å²) in [5.74, 6) is -0.779. The Bertz CT molecular complexity index is 693. The van der Waals surface area contributed by atoms with Crippen LogP contribution in [0.3, 0.4) is 0 Å². The number of halogens is 5. The Morgan fingerprint density at radius 1 is 1.27 bits per heavy atom. The smallest absolute Gasteiger partial charge is 0.406 e. The fourth-order valence-electron chi connectivity index (χ4n) is 1.49. The van der Waals surface area contributed by atoms with E-state index in [0.29, 0.717) is 19.4 Å². The molecule has 0 aliphatic rings.